The summed E-state index contributed by atoms with van der Waals surface area (Å²) in [5, 5.41) is 7.04. The third-order valence-electron chi connectivity index (χ3n) is 3.81. The zero-order valence-corrected chi connectivity index (χ0v) is 15.6. The molecule has 27 heavy (non-hydrogen) atoms. The number of hydrogen-bond donors (Lipinski definition) is 1. The molecule has 1 aromatic carbocycles. The first-order valence-corrected chi connectivity index (χ1v) is 8.61. The molecule has 1 atom stereocenters. The van der Waals surface area contributed by atoms with Crippen LogP contribution in [0.2, 0.25) is 10.0 Å². The number of nitrogens with zero attached hydrogens (tertiary/aromatic N) is 4. The number of nitrogens with one attached hydrogen (secondary N) is 1. The van der Waals surface area contributed by atoms with E-state index in [1.54, 1.807) is 25.1 Å². The fourth-order valence-corrected chi connectivity index (χ4v) is 2.63. The number of carbonyl (C=O) groups excluding carboxylic acids is 1. The molecule has 3 rings (SSSR count). The maximum absolute atomic E-state index is 13.5. The monoisotopic (exact) mass is 409 g/mol. The van der Waals surface area contributed by atoms with Crippen molar-refractivity contribution in [2.45, 2.75) is 19.5 Å². The SMILES string of the molecule is C[C@H](NC(=O)Cn1ncn(-c2ccc(Cl)cn2)c1=O)c1ccc(Cl)c(F)c1. The third kappa shape index (κ3) is 4.35. The number of carbonyl (C=O) groups is 1. The number of hydrogen-bond acceptors (Lipinski definition) is 4. The summed E-state index contributed by atoms with van der Waals surface area (Å²) in [7, 11) is 0. The lowest BCUT2D eigenvalue weighted by Gasteiger charge is -2.14. The van der Waals surface area contributed by atoms with Crippen LogP contribution in [0.1, 0.15) is 18.5 Å². The molecular formula is C17H14Cl2FN5O2. The summed E-state index contributed by atoms with van der Waals surface area (Å²) in [5.74, 6) is -0.684. The highest BCUT2D eigenvalue weighted by Crippen LogP contribution is 2.20. The Bertz CT molecular complexity index is 1030. The zero-order chi connectivity index (χ0) is 19.6. The van der Waals surface area contributed by atoms with Crippen LogP contribution in [0.3, 0.4) is 0 Å². The maximum Gasteiger partial charge on any atom is 0.352 e. The van der Waals surface area contributed by atoms with E-state index in [-0.39, 0.29) is 11.6 Å². The molecule has 2 aromatic heterocycles. The highest BCUT2D eigenvalue weighted by Gasteiger charge is 2.15. The Morgan fingerprint density at radius 1 is 1.30 bits per heavy atom. The lowest BCUT2D eigenvalue weighted by atomic mass is 10.1. The Morgan fingerprint density at radius 3 is 2.74 bits per heavy atom. The van der Waals surface area contributed by atoms with E-state index in [0.717, 1.165) is 4.68 Å². The molecule has 0 fully saturated rings. The van der Waals surface area contributed by atoms with Gasteiger partial charge >= 0.3 is 5.69 Å². The minimum atomic E-state index is -0.569. The fourth-order valence-electron chi connectivity index (χ4n) is 2.40. The maximum atomic E-state index is 13.5. The van der Waals surface area contributed by atoms with Crippen molar-refractivity contribution >= 4 is 29.1 Å². The standard InChI is InChI=1S/C17H14Cl2FN5O2/c1-10(11-2-4-13(19)14(20)6-11)23-16(26)8-25-17(27)24(9-22-25)15-5-3-12(18)7-21-15/h2-7,9-10H,8H2,1H3,(H,23,26)/t10-/m0/s1. The Balaban J connectivity index is 1.70. The molecule has 140 valence electrons. The average Bonchev–Trinajstić information content (AvgIpc) is 2.98. The number of amides is 1. The summed E-state index contributed by atoms with van der Waals surface area (Å²) in [6.45, 7) is 1.40. The van der Waals surface area contributed by atoms with Gasteiger partial charge in [0.25, 0.3) is 0 Å². The minimum Gasteiger partial charge on any atom is -0.348 e. The number of rotatable bonds is 5. The molecule has 0 bridgehead atoms. The summed E-state index contributed by atoms with van der Waals surface area (Å²) in [5.41, 5.74) is 0.0265. The van der Waals surface area contributed by atoms with Crippen molar-refractivity contribution in [1.29, 1.82) is 0 Å². The molecule has 7 nitrogen and oxygen atoms in total. The van der Waals surface area contributed by atoms with Crippen molar-refractivity contribution in [1.82, 2.24) is 24.6 Å². The molecule has 10 heteroatoms. The van der Waals surface area contributed by atoms with Crippen molar-refractivity contribution in [2.75, 3.05) is 0 Å². The van der Waals surface area contributed by atoms with Crippen LogP contribution in [0, 0.1) is 5.82 Å². The third-order valence-corrected chi connectivity index (χ3v) is 4.34. The van der Waals surface area contributed by atoms with Crippen LogP contribution in [0.4, 0.5) is 4.39 Å². The normalized spacial score (nSPS) is 12.0. The second kappa shape index (κ2) is 7.89. The lowest BCUT2D eigenvalue weighted by Crippen LogP contribution is -2.34. The molecule has 3 aromatic rings. The fraction of sp³-hybridized carbons (Fsp3) is 0.176. The summed E-state index contributed by atoms with van der Waals surface area (Å²) < 4.78 is 15.7. The zero-order valence-electron chi connectivity index (χ0n) is 14.1. The number of aromatic nitrogens is 4. The topological polar surface area (TPSA) is 81.8 Å². The van der Waals surface area contributed by atoms with Crippen LogP contribution in [0.15, 0.2) is 47.7 Å². The van der Waals surface area contributed by atoms with E-state index >= 15 is 0 Å². The van der Waals surface area contributed by atoms with Gasteiger partial charge in [-0.25, -0.2) is 23.4 Å². The van der Waals surface area contributed by atoms with Gasteiger partial charge in [0.05, 0.1) is 16.1 Å². The average molecular weight is 410 g/mol. The molecule has 0 unspecified atom stereocenters. The van der Waals surface area contributed by atoms with Gasteiger partial charge in [0.15, 0.2) is 0 Å². The second-order valence-electron chi connectivity index (χ2n) is 5.74. The van der Waals surface area contributed by atoms with Gasteiger partial charge in [-0.1, -0.05) is 29.3 Å². The molecule has 0 aliphatic rings. The van der Waals surface area contributed by atoms with Crippen LogP contribution in [0.25, 0.3) is 5.82 Å². The molecule has 0 saturated heterocycles. The van der Waals surface area contributed by atoms with Crippen molar-refractivity contribution < 1.29 is 9.18 Å². The van der Waals surface area contributed by atoms with Gasteiger partial charge in [0.1, 0.15) is 24.5 Å². The van der Waals surface area contributed by atoms with Crippen LogP contribution in [0.5, 0.6) is 0 Å². The van der Waals surface area contributed by atoms with Crippen molar-refractivity contribution in [3.05, 3.63) is 74.8 Å². The van der Waals surface area contributed by atoms with E-state index in [2.05, 4.69) is 15.4 Å². The van der Waals surface area contributed by atoms with Gasteiger partial charge < -0.3 is 5.32 Å². The Hall–Kier alpha value is -2.71. The Morgan fingerprint density at radius 2 is 2.07 bits per heavy atom. The molecule has 0 spiro atoms. The molecule has 1 N–H and O–H groups in total. The Labute approximate surface area is 163 Å². The summed E-state index contributed by atoms with van der Waals surface area (Å²) >= 11 is 11.4. The van der Waals surface area contributed by atoms with E-state index in [0.29, 0.717) is 16.4 Å². The molecule has 0 radical (unpaired) electrons. The van der Waals surface area contributed by atoms with E-state index in [1.165, 1.54) is 29.2 Å². The van der Waals surface area contributed by atoms with E-state index in [4.69, 9.17) is 23.2 Å². The predicted octanol–water partition coefficient (Wildman–Crippen LogP) is 2.75. The van der Waals surface area contributed by atoms with E-state index in [9.17, 15) is 14.0 Å². The van der Waals surface area contributed by atoms with Crippen LogP contribution < -0.4 is 11.0 Å². The van der Waals surface area contributed by atoms with Gasteiger partial charge in [0, 0.05) is 6.20 Å². The Kier molecular flexibility index (Phi) is 5.57. The summed E-state index contributed by atoms with van der Waals surface area (Å²) in [6, 6.07) is 6.96. The van der Waals surface area contributed by atoms with Gasteiger partial charge in [-0.3, -0.25) is 4.79 Å². The molecule has 0 saturated carbocycles. The molecular weight excluding hydrogens is 396 g/mol. The molecule has 0 aliphatic carbocycles. The van der Waals surface area contributed by atoms with Crippen molar-refractivity contribution in [2.24, 2.45) is 0 Å². The van der Waals surface area contributed by atoms with Gasteiger partial charge in [0.2, 0.25) is 5.91 Å². The number of pyridine rings is 1. The molecule has 2 heterocycles. The van der Waals surface area contributed by atoms with E-state index in [1.807, 2.05) is 0 Å². The number of benzene rings is 1. The van der Waals surface area contributed by atoms with Crippen molar-refractivity contribution in [3.8, 4) is 5.82 Å². The minimum absolute atomic E-state index is 0.00479. The lowest BCUT2D eigenvalue weighted by molar-refractivity contribution is -0.122. The first-order chi connectivity index (χ1) is 12.8. The van der Waals surface area contributed by atoms with Gasteiger partial charge in [-0.15, -0.1) is 0 Å². The summed E-state index contributed by atoms with van der Waals surface area (Å²) in [6.07, 6.45) is 2.67. The smallest absolute Gasteiger partial charge is 0.348 e. The predicted molar refractivity (Wildman–Crippen MR) is 98.6 cm³/mol. The first-order valence-electron chi connectivity index (χ1n) is 7.86. The van der Waals surface area contributed by atoms with Crippen molar-refractivity contribution in [3.63, 3.8) is 0 Å². The van der Waals surface area contributed by atoms with Crippen LogP contribution >= 0.6 is 23.2 Å². The van der Waals surface area contributed by atoms with E-state index < -0.39 is 23.5 Å². The van der Waals surface area contributed by atoms with Crippen LogP contribution in [-0.2, 0) is 11.3 Å². The number of halogens is 3. The quantitative estimate of drug-likeness (QED) is 0.702. The largest absolute Gasteiger partial charge is 0.352 e. The van der Waals surface area contributed by atoms with Gasteiger partial charge in [-0.05, 0) is 36.8 Å². The first kappa shape index (κ1) is 19.1. The highest BCUT2D eigenvalue weighted by molar-refractivity contribution is 6.30. The van der Waals surface area contributed by atoms with Gasteiger partial charge in [-0.2, -0.15) is 5.10 Å². The van der Waals surface area contributed by atoms with Crippen LogP contribution in [-0.4, -0.2) is 25.2 Å². The molecule has 1 amide bonds. The highest BCUT2D eigenvalue weighted by atomic mass is 35.5. The second-order valence-corrected chi connectivity index (χ2v) is 6.58. The molecule has 0 aliphatic heterocycles. The summed E-state index contributed by atoms with van der Waals surface area (Å²) in [4.78, 5) is 28.6.